The van der Waals surface area contributed by atoms with Gasteiger partial charge >= 0.3 is 0 Å². The first-order valence-corrected chi connectivity index (χ1v) is 8.00. The fourth-order valence-corrected chi connectivity index (χ4v) is 3.25. The smallest absolute Gasteiger partial charge is 0.257 e. The molecule has 1 fully saturated rings. The van der Waals surface area contributed by atoms with Crippen molar-refractivity contribution in [2.24, 2.45) is 5.92 Å². The van der Waals surface area contributed by atoms with E-state index in [1.165, 1.54) is 19.3 Å². The van der Waals surface area contributed by atoms with Gasteiger partial charge in [0.1, 0.15) is 5.82 Å². The zero-order valence-corrected chi connectivity index (χ0v) is 13.7. The number of amides is 1. The van der Waals surface area contributed by atoms with E-state index in [1.807, 2.05) is 11.9 Å². The van der Waals surface area contributed by atoms with E-state index in [1.54, 1.807) is 12.3 Å². The normalized spacial score (nSPS) is 22.6. The number of hydrogen-bond donors (Lipinski definition) is 1. The summed E-state index contributed by atoms with van der Waals surface area (Å²) in [6.45, 7) is 2.24. The van der Waals surface area contributed by atoms with E-state index >= 15 is 0 Å². The molecule has 0 aliphatic heterocycles. The number of hydrogen-bond acceptors (Lipinski definition) is 3. The number of nitrogen functional groups attached to an aromatic ring is 1. The molecule has 0 atom stereocenters. The highest BCUT2D eigenvalue weighted by Crippen LogP contribution is 2.30. The minimum atomic E-state index is -0.0313. The molecule has 1 saturated carbocycles. The summed E-state index contributed by atoms with van der Waals surface area (Å²) in [7, 11) is 1.87. The second-order valence-corrected chi connectivity index (χ2v) is 6.50. The molecule has 1 aromatic rings. The molecule has 1 amide bonds. The molecule has 20 heavy (non-hydrogen) atoms. The van der Waals surface area contributed by atoms with Crippen LogP contribution >= 0.6 is 15.9 Å². The summed E-state index contributed by atoms with van der Waals surface area (Å²) in [4.78, 5) is 18.4. The molecule has 0 saturated heterocycles. The average molecular weight is 340 g/mol. The van der Waals surface area contributed by atoms with Crippen LogP contribution in [0.2, 0.25) is 0 Å². The van der Waals surface area contributed by atoms with Crippen LogP contribution < -0.4 is 5.73 Å². The van der Waals surface area contributed by atoms with Crippen molar-refractivity contribution < 1.29 is 4.79 Å². The van der Waals surface area contributed by atoms with Crippen LogP contribution in [0, 0.1) is 5.92 Å². The van der Waals surface area contributed by atoms with Crippen LogP contribution in [-0.2, 0) is 0 Å². The summed E-state index contributed by atoms with van der Waals surface area (Å²) in [6.07, 6.45) is 7.45. The molecule has 0 unspecified atom stereocenters. The lowest BCUT2D eigenvalue weighted by Gasteiger charge is -2.34. The maximum atomic E-state index is 12.6. The Balaban J connectivity index is 2.07. The summed E-state index contributed by atoms with van der Waals surface area (Å²) < 4.78 is 0.776. The van der Waals surface area contributed by atoms with Gasteiger partial charge < -0.3 is 10.6 Å². The third-order valence-electron chi connectivity index (χ3n) is 4.38. The third-order valence-corrected chi connectivity index (χ3v) is 4.81. The summed E-state index contributed by atoms with van der Waals surface area (Å²) >= 11 is 3.34. The number of nitrogens with two attached hydrogens (primary N) is 1. The monoisotopic (exact) mass is 339 g/mol. The molecular formula is C15H22BrN3O. The molecule has 4 nitrogen and oxygen atoms in total. The largest absolute Gasteiger partial charge is 0.383 e. The van der Waals surface area contributed by atoms with Gasteiger partial charge in [0.05, 0.1) is 5.56 Å². The van der Waals surface area contributed by atoms with E-state index in [2.05, 4.69) is 27.8 Å². The standard InChI is InChI=1S/C15H22BrN3O/c1-3-10-4-6-12(7-5-10)19(2)15(20)13-8-11(16)9-18-14(13)17/h8-10,12H,3-7H2,1-2H3,(H2,17,18). The molecular weight excluding hydrogens is 318 g/mol. The number of halogens is 1. The molecule has 0 spiro atoms. The van der Waals surface area contributed by atoms with E-state index < -0.39 is 0 Å². The molecule has 0 bridgehead atoms. The lowest BCUT2D eigenvalue weighted by Crippen LogP contribution is -2.39. The first-order valence-electron chi connectivity index (χ1n) is 7.21. The first kappa shape index (κ1) is 15.3. The summed E-state index contributed by atoms with van der Waals surface area (Å²) in [5.74, 6) is 1.09. The summed E-state index contributed by atoms with van der Waals surface area (Å²) in [5.41, 5.74) is 6.31. The minimum absolute atomic E-state index is 0.0313. The van der Waals surface area contributed by atoms with Gasteiger partial charge in [-0.05, 0) is 53.6 Å². The fraction of sp³-hybridized carbons (Fsp3) is 0.600. The number of rotatable bonds is 3. The predicted molar refractivity (Wildman–Crippen MR) is 84.5 cm³/mol. The van der Waals surface area contributed by atoms with E-state index in [9.17, 15) is 4.79 Å². The van der Waals surface area contributed by atoms with Gasteiger partial charge in [-0.2, -0.15) is 0 Å². The van der Waals surface area contributed by atoms with E-state index in [0.717, 1.165) is 23.2 Å². The van der Waals surface area contributed by atoms with E-state index in [4.69, 9.17) is 5.73 Å². The number of nitrogens with zero attached hydrogens (tertiary/aromatic N) is 2. The van der Waals surface area contributed by atoms with Crippen LogP contribution in [0.5, 0.6) is 0 Å². The number of aromatic nitrogens is 1. The second-order valence-electron chi connectivity index (χ2n) is 5.59. The molecule has 1 aliphatic rings. The van der Waals surface area contributed by atoms with Crippen molar-refractivity contribution in [1.82, 2.24) is 9.88 Å². The Morgan fingerprint density at radius 2 is 2.10 bits per heavy atom. The first-order chi connectivity index (χ1) is 9.52. The van der Waals surface area contributed by atoms with Crippen LogP contribution in [0.25, 0.3) is 0 Å². The molecule has 2 rings (SSSR count). The quantitative estimate of drug-likeness (QED) is 0.917. The van der Waals surface area contributed by atoms with Gasteiger partial charge in [-0.1, -0.05) is 13.3 Å². The molecule has 5 heteroatoms. The molecule has 110 valence electrons. The number of carbonyl (C=O) groups is 1. The highest BCUT2D eigenvalue weighted by atomic mass is 79.9. The lowest BCUT2D eigenvalue weighted by atomic mass is 9.84. The Kier molecular flexibility index (Phi) is 5.02. The van der Waals surface area contributed by atoms with E-state index in [-0.39, 0.29) is 5.91 Å². The fourth-order valence-electron chi connectivity index (χ4n) is 2.92. The highest BCUT2D eigenvalue weighted by Gasteiger charge is 2.27. The average Bonchev–Trinajstić information content (AvgIpc) is 2.48. The molecule has 1 aliphatic carbocycles. The van der Waals surface area contributed by atoms with Gasteiger partial charge in [0.2, 0.25) is 0 Å². The van der Waals surface area contributed by atoms with E-state index in [0.29, 0.717) is 17.4 Å². The number of carbonyl (C=O) groups excluding carboxylic acids is 1. The van der Waals surface area contributed by atoms with Crippen LogP contribution in [0.15, 0.2) is 16.7 Å². The van der Waals surface area contributed by atoms with Crippen LogP contribution in [0.1, 0.15) is 49.4 Å². The molecule has 0 aromatic carbocycles. The zero-order chi connectivity index (χ0) is 14.7. The van der Waals surface area contributed by atoms with Gasteiger partial charge in [-0.3, -0.25) is 4.79 Å². The van der Waals surface area contributed by atoms with Crippen LogP contribution in [0.4, 0.5) is 5.82 Å². The molecule has 1 heterocycles. The SMILES string of the molecule is CCC1CCC(N(C)C(=O)c2cc(Br)cnc2N)CC1. The Bertz CT molecular complexity index is 484. The topological polar surface area (TPSA) is 59.2 Å². The summed E-state index contributed by atoms with van der Waals surface area (Å²) in [6, 6.07) is 2.07. The zero-order valence-electron chi connectivity index (χ0n) is 12.1. The maximum Gasteiger partial charge on any atom is 0.257 e. The maximum absolute atomic E-state index is 12.6. The third kappa shape index (κ3) is 3.32. The van der Waals surface area contributed by atoms with Crippen molar-refractivity contribution in [2.45, 2.75) is 45.1 Å². The highest BCUT2D eigenvalue weighted by molar-refractivity contribution is 9.10. The lowest BCUT2D eigenvalue weighted by molar-refractivity contribution is 0.0675. The van der Waals surface area contributed by atoms with Gasteiger partial charge in [-0.25, -0.2) is 4.98 Å². The van der Waals surface area contributed by atoms with Crippen molar-refractivity contribution in [3.8, 4) is 0 Å². The van der Waals surface area contributed by atoms with Crippen molar-refractivity contribution in [3.05, 3.63) is 22.3 Å². The molecule has 1 aromatic heterocycles. The summed E-state index contributed by atoms with van der Waals surface area (Å²) in [5, 5.41) is 0. The van der Waals surface area contributed by atoms with Gasteiger partial charge in [-0.15, -0.1) is 0 Å². The second kappa shape index (κ2) is 6.57. The molecule has 0 radical (unpaired) electrons. The minimum Gasteiger partial charge on any atom is -0.383 e. The van der Waals surface area contributed by atoms with Crippen molar-refractivity contribution in [2.75, 3.05) is 12.8 Å². The van der Waals surface area contributed by atoms with Crippen LogP contribution in [-0.4, -0.2) is 28.9 Å². The number of anilines is 1. The predicted octanol–water partition coefficient (Wildman–Crippen LogP) is 3.47. The number of pyridine rings is 1. The Morgan fingerprint density at radius 1 is 1.45 bits per heavy atom. The Hall–Kier alpha value is -1.10. The van der Waals surface area contributed by atoms with Gasteiger partial charge in [0.25, 0.3) is 5.91 Å². The van der Waals surface area contributed by atoms with Crippen LogP contribution in [0.3, 0.4) is 0 Å². The van der Waals surface area contributed by atoms with Crippen molar-refractivity contribution in [1.29, 1.82) is 0 Å². The Morgan fingerprint density at radius 3 is 2.70 bits per heavy atom. The van der Waals surface area contributed by atoms with Gasteiger partial charge in [0, 0.05) is 23.8 Å². The van der Waals surface area contributed by atoms with Crippen molar-refractivity contribution in [3.63, 3.8) is 0 Å². The molecule has 2 N–H and O–H groups in total. The van der Waals surface area contributed by atoms with Gasteiger partial charge in [0.15, 0.2) is 0 Å². The Labute approximate surface area is 128 Å². The van der Waals surface area contributed by atoms with Crippen molar-refractivity contribution >= 4 is 27.7 Å².